The zero-order chi connectivity index (χ0) is 13.5. The van der Waals surface area contributed by atoms with Crippen molar-refractivity contribution in [3.05, 3.63) is 26.3 Å². The first kappa shape index (κ1) is 15.5. The molecule has 7 heteroatoms. The summed E-state index contributed by atoms with van der Waals surface area (Å²) in [7, 11) is 3.04. The number of hydrogen-bond donors (Lipinski definition) is 1. The predicted octanol–water partition coefficient (Wildman–Crippen LogP) is 2.26. The third-order valence-electron chi connectivity index (χ3n) is 2.04. The van der Waals surface area contributed by atoms with Gasteiger partial charge in [-0.1, -0.05) is 11.6 Å². The van der Waals surface area contributed by atoms with Crippen LogP contribution in [0.25, 0.3) is 0 Å². The summed E-state index contributed by atoms with van der Waals surface area (Å²) in [4.78, 5) is 16.8. The number of carbonyl (C=O) groups excluding carboxylic acids is 1. The Balaban J connectivity index is 2.75. The van der Waals surface area contributed by atoms with Gasteiger partial charge in [0.25, 0.3) is 5.91 Å². The molecule has 0 radical (unpaired) electrons. The first-order chi connectivity index (χ1) is 8.60. The van der Waals surface area contributed by atoms with E-state index in [-0.39, 0.29) is 6.61 Å². The number of benzene rings is 1. The van der Waals surface area contributed by atoms with Crippen LogP contribution < -0.4 is 10.2 Å². The fourth-order valence-electron chi connectivity index (χ4n) is 1.17. The summed E-state index contributed by atoms with van der Waals surface area (Å²) in [6.45, 7) is 0.660. The van der Waals surface area contributed by atoms with Gasteiger partial charge in [-0.25, -0.2) is 5.48 Å². The summed E-state index contributed by atoms with van der Waals surface area (Å²) in [5, 5.41) is 0.485. The van der Waals surface area contributed by atoms with Crippen molar-refractivity contribution in [3.8, 4) is 5.75 Å². The molecule has 0 saturated carbocycles. The lowest BCUT2D eigenvalue weighted by atomic mass is 10.2. The number of amides is 1. The van der Waals surface area contributed by atoms with Gasteiger partial charge in [-0.15, -0.1) is 0 Å². The molecule has 0 unspecified atom stereocenters. The number of ether oxygens (including phenoxy) is 2. The first-order valence-electron chi connectivity index (χ1n) is 5.04. The van der Waals surface area contributed by atoms with E-state index in [2.05, 4.69) is 28.1 Å². The quantitative estimate of drug-likeness (QED) is 0.464. The zero-order valence-corrected chi connectivity index (χ0v) is 12.9. The molecule has 1 N–H and O–H groups in total. The average Bonchev–Trinajstić information content (AvgIpc) is 2.37. The molecule has 1 aromatic carbocycles. The van der Waals surface area contributed by atoms with Crippen molar-refractivity contribution >= 4 is 40.1 Å². The van der Waals surface area contributed by atoms with Gasteiger partial charge >= 0.3 is 0 Å². The highest BCUT2D eigenvalue weighted by molar-refractivity contribution is 14.1. The number of nitrogens with one attached hydrogen (secondary N) is 1. The molecule has 5 nitrogen and oxygen atoms in total. The number of carbonyl (C=O) groups is 1. The van der Waals surface area contributed by atoms with Gasteiger partial charge in [-0.05, 0) is 34.7 Å². The Morgan fingerprint density at radius 1 is 1.39 bits per heavy atom. The molecule has 0 fully saturated rings. The predicted molar refractivity (Wildman–Crippen MR) is 76.0 cm³/mol. The number of methoxy groups -OCH3 is 2. The monoisotopic (exact) mass is 385 g/mol. The third kappa shape index (κ3) is 4.27. The molecule has 0 aliphatic heterocycles. The van der Waals surface area contributed by atoms with Gasteiger partial charge in [-0.2, -0.15) is 0 Å². The summed E-state index contributed by atoms with van der Waals surface area (Å²) in [6.07, 6.45) is 0. The number of hydroxylamine groups is 1. The molecule has 0 aliphatic carbocycles. The van der Waals surface area contributed by atoms with E-state index in [1.165, 1.54) is 13.2 Å². The summed E-state index contributed by atoms with van der Waals surface area (Å²) >= 11 is 8.03. The Hall–Kier alpha value is -0.570. The molecular formula is C11H13ClINO4. The highest BCUT2D eigenvalue weighted by Crippen LogP contribution is 2.28. The Labute approximate surface area is 124 Å². The van der Waals surface area contributed by atoms with Crippen LogP contribution in [-0.2, 0) is 9.57 Å². The number of halogens is 2. The minimum Gasteiger partial charge on any atom is -0.496 e. The third-order valence-corrected chi connectivity index (χ3v) is 3.57. The van der Waals surface area contributed by atoms with Crippen molar-refractivity contribution in [2.24, 2.45) is 0 Å². The molecule has 0 aromatic heterocycles. The van der Waals surface area contributed by atoms with Gasteiger partial charge in [-0.3, -0.25) is 9.63 Å². The van der Waals surface area contributed by atoms with E-state index in [9.17, 15) is 4.79 Å². The van der Waals surface area contributed by atoms with Crippen molar-refractivity contribution in [1.29, 1.82) is 0 Å². The van der Waals surface area contributed by atoms with Crippen LogP contribution in [0.2, 0.25) is 5.02 Å². The van der Waals surface area contributed by atoms with Gasteiger partial charge in [0.15, 0.2) is 0 Å². The van der Waals surface area contributed by atoms with Crippen molar-refractivity contribution in [3.63, 3.8) is 0 Å². The maximum Gasteiger partial charge on any atom is 0.278 e. The molecule has 1 rings (SSSR count). The highest BCUT2D eigenvalue weighted by Gasteiger charge is 2.15. The fraction of sp³-hybridized carbons (Fsp3) is 0.364. The molecule has 0 bridgehead atoms. The van der Waals surface area contributed by atoms with E-state index in [0.29, 0.717) is 22.9 Å². The van der Waals surface area contributed by atoms with Crippen molar-refractivity contribution < 1.29 is 19.1 Å². The molecule has 1 aromatic rings. The van der Waals surface area contributed by atoms with E-state index in [0.717, 1.165) is 3.57 Å². The molecule has 0 spiro atoms. The molecule has 100 valence electrons. The lowest BCUT2D eigenvalue weighted by molar-refractivity contribution is 0.00874. The van der Waals surface area contributed by atoms with Crippen LogP contribution in [0.4, 0.5) is 0 Å². The van der Waals surface area contributed by atoms with Gasteiger partial charge in [0, 0.05) is 10.7 Å². The molecule has 0 atom stereocenters. The van der Waals surface area contributed by atoms with Crippen molar-refractivity contribution in [2.75, 3.05) is 27.4 Å². The summed E-state index contributed by atoms with van der Waals surface area (Å²) in [6, 6.07) is 3.23. The van der Waals surface area contributed by atoms with E-state index < -0.39 is 5.91 Å². The highest BCUT2D eigenvalue weighted by atomic mass is 127. The van der Waals surface area contributed by atoms with Crippen LogP contribution in [0.3, 0.4) is 0 Å². The van der Waals surface area contributed by atoms with Gasteiger partial charge in [0.05, 0.1) is 30.9 Å². The standard InChI is InChI=1S/C11H13ClINO4/c1-16-3-4-18-14-11(15)7-5-8(12)9(13)6-10(7)17-2/h5-6H,3-4H2,1-2H3,(H,14,15). The van der Waals surface area contributed by atoms with Gasteiger partial charge in [0.2, 0.25) is 0 Å². The lowest BCUT2D eigenvalue weighted by Gasteiger charge is -2.10. The minimum absolute atomic E-state index is 0.267. The van der Waals surface area contributed by atoms with E-state index in [4.69, 9.17) is 25.9 Å². The number of hydrogen-bond acceptors (Lipinski definition) is 4. The molecule has 0 saturated heterocycles. The molecule has 0 aliphatic rings. The van der Waals surface area contributed by atoms with Crippen LogP contribution in [0.15, 0.2) is 12.1 Å². The molecule has 18 heavy (non-hydrogen) atoms. The lowest BCUT2D eigenvalue weighted by Crippen LogP contribution is -2.26. The Morgan fingerprint density at radius 3 is 2.72 bits per heavy atom. The molecular weight excluding hydrogens is 372 g/mol. The van der Waals surface area contributed by atoms with Crippen LogP contribution in [0, 0.1) is 3.57 Å². The maximum absolute atomic E-state index is 11.8. The Bertz CT molecular complexity index is 428. The Morgan fingerprint density at radius 2 is 2.11 bits per heavy atom. The second-order valence-electron chi connectivity index (χ2n) is 3.24. The van der Waals surface area contributed by atoms with E-state index >= 15 is 0 Å². The average molecular weight is 386 g/mol. The SMILES string of the molecule is COCCONC(=O)c1cc(Cl)c(I)cc1OC. The topological polar surface area (TPSA) is 56.8 Å². The van der Waals surface area contributed by atoms with Crippen LogP contribution in [0.5, 0.6) is 5.75 Å². The largest absolute Gasteiger partial charge is 0.496 e. The summed E-state index contributed by atoms with van der Waals surface area (Å²) < 4.78 is 10.7. The number of rotatable bonds is 6. The zero-order valence-electron chi connectivity index (χ0n) is 9.96. The normalized spacial score (nSPS) is 10.2. The summed E-state index contributed by atoms with van der Waals surface area (Å²) in [5.74, 6) is 0.0258. The van der Waals surface area contributed by atoms with E-state index in [1.807, 2.05) is 0 Å². The maximum atomic E-state index is 11.8. The second-order valence-corrected chi connectivity index (χ2v) is 4.81. The van der Waals surface area contributed by atoms with Gasteiger partial charge < -0.3 is 9.47 Å². The van der Waals surface area contributed by atoms with E-state index in [1.54, 1.807) is 13.2 Å². The van der Waals surface area contributed by atoms with Crippen LogP contribution >= 0.6 is 34.2 Å². The first-order valence-corrected chi connectivity index (χ1v) is 6.50. The summed E-state index contributed by atoms with van der Waals surface area (Å²) in [5.41, 5.74) is 2.61. The molecule has 1 amide bonds. The second kappa shape index (κ2) is 7.78. The smallest absolute Gasteiger partial charge is 0.278 e. The molecule has 0 heterocycles. The Kier molecular flexibility index (Phi) is 6.69. The van der Waals surface area contributed by atoms with Crippen molar-refractivity contribution in [1.82, 2.24) is 5.48 Å². The van der Waals surface area contributed by atoms with Crippen LogP contribution in [-0.4, -0.2) is 33.3 Å². The van der Waals surface area contributed by atoms with Crippen LogP contribution in [0.1, 0.15) is 10.4 Å². The fourth-order valence-corrected chi connectivity index (χ4v) is 1.77. The van der Waals surface area contributed by atoms with Crippen molar-refractivity contribution in [2.45, 2.75) is 0 Å². The minimum atomic E-state index is -0.416. The van der Waals surface area contributed by atoms with Gasteiger partial charge in [0.1, 0.15) is 5.75 Å².